The van der Waals surface area contributed by atoms with Crippen molar-refractivity contribution in [3.8, 4) is 0 Å². The third-order valence-electron chi connectivity index (χ3n) is 1.21. The molecule has 0 bridgehead atoms. The van der Waals surface area contributed by atoms with Gasteiger partial charge in [-0.1, -0.05) is 18.2 Å². The molecule has 0 saturated carbocycles. The molecule has 0 spiro atoms. The van der Waals surface area contributed by atoms with Crippen molar-refractivity contribution in [2.24, 2.45) is 0 Å². The molecular weight excluding hydrogens is 142 g/mol. The molecule has 0 rings (SSSR count). The number of hydrogen-bond acceptors (Lipinski definition) is 2. The molecule has 1 nitrogen and oxygen atoms in total. The molecule has 2 heteroatoms. The second-order valence-corrected chi connectivity index (χ2v) is 2.69. The van der Waals surface area contributed by atoms with Crippen molar-refractivity contribution < 1.29 is 0 Å². The highest BCUT2D eigenvalue weighted by Gasteiger charge is 1.90. The van der Waals surface area contributed by atoms with E-state index in [-0.39, 0.29) is 0 Å². The molecule has 0 aromatic heterocycles. The Labute approximate surface area is 68.6 Å². The van der Waals surface area contributed by atoms with Crippen molar-refractivity contribution in [2.45, 2.75) is 19.9 Å². The van der Waals surface area contributed by atoms with E-state index in [1.165, 1.54) is 0 Å². The summed E-state index contributed by atoms with van der Waals surface area (Å²) in [5, 5.41) is 3.10. The van der Waals surface area contributed by atoms with Crippen LogP contribution in [-0.2, 0) is 0 Å². The van der Waals surface area contributed by atoms with Crippen LogP contribution in [0.25, 0.3) is 0 Å². The Balaban J connectivity index is 3.89. The molecule has 0 aliphatic carbocycles. The first-order valence-corrected chi connectivity index (χ1v) is 3.86. The second kappa shape index (κ2) is 5.57. The molecule has 0 aromatic carbocycles. The van der Waals surface area contributed by atoms with Gasteiger partial charge in [-0.15, -0.1) is 12.6 Å². The van der Waals surface area contributed by atoms with E-state index in [1.54, 1.807) is 0 Å². The molecule has 1 unspecified atom stereocenters. The molecule has 0 amide bonds. The number of thiol groups is 1. The van der Waals surface area contributed by atoms with Crippen molar-refractivity contribution in [2.75, 3.05) is 7.05 Å². The van der Waals surface area contributed by atoms with Crippen LogP contribution < -0.4 is 5.32 Å². The predicted molar refractivity (Wildman–Crippen MR) is 50.4 cm³/mol. The van der Waals surface area contributed by atoms with Crippen molar-refractivity contribution in [1.29, 1.82) is 0 Å². The summed E-state index contributed by atoms with van der Waals surface area (Å²) in [5.74, 6) is 0. The fourth-order valence-electron chi connectivity index (χ4n) is 0.566. The van der Waals surface area contributed by atoms with E-state index in [4.69, 9.17) is 0 Å². The van der Waals surface area contributed by atoms with Gasteiger partial charge in [0.15, 0.2) is 0 Å². The number of nitrogens with one attached hydrogen (secondary N) is 1. The maximum Gasteiger partial charge on any atom is 0.0232 e. The fraction of sp³-hybridized carbons (Fsp3) is 0.500. The Bertz CT molecular complexity index is 138. The second-order valence-electron chi connectivity index (χ2n) is 2.17. The molecule has 1 atom stereocenters. The summed E-state index contributed by atoms with van der Waals surface area (Å²) >= 11 is 4.24. The average Bonchev–Trinajstić information content (AvgIpc) is 1.88. The van der Waals surface area contributed by atoms with Gasteiger partial charge in [0.1, 0.15) is 0 Å². The minimum atomic E-state index is 0.392. The largest absolute Gasteiger partial charge is 0.314 e. The molecular formula is C8H15NS. The lowest BCUT2D eigenvalue weighted by atomic mass is 10.3. The van der Waals surface area contributed by atoms with Crippen LogP contribution in [0, 0.1) is 0 Å². The molecule has 0 saturated heterocycles. The summed E-state index contributed by atoms with van der Waals surface area (Å²) in [4.78, 5) is 1.00. The van der Waals surface area contributed by atoms with Crippen LogP contribution >= 0.6 is 12.6 Å². The minimum absolute atomic E-state index is 0.392. The van der Waals surface area contributed by atoms with Crippen molar-refractivity contribution in [3.63, 3.8) is 0 Å². The lowest BCUT2D eigenvalue weighted by molar-refractivity contribution is 0.728. The Morgan fingerprint density at radius 1 is 1.60 bits per heavy atom. The average molecular weight is 157 g/mol. The quantitative estimate of drug-likeness (QED) is 0.471. The normalized spacial score (nSPS) is 16.2. The van der Waals surface area contributed by atoms with Gasteiger partial charge < -0.3 is 5.32 Å². The fourth-order valence-corrected chi connectivity index (χ4v) is 0.938. The molecule has 0 radical (unpaired) electrons. The van der Waals surface area contributed by atoms with Gasteiger partial charge in [0.05, 0.1) is 0 Å². The standard InChI is InChI=1S/C8H15NS/c1-4-5-8(10)6-7(2)9-3/h4-7,9-10H,1-3H3/b5-4-,8-6+. The predicted octanol–water partition coefficient (Wildman–Crippen LogP) is 1.98. The first kappa shape index (κ1) is 9.79. The summed E-state index contributed by atoms with van der Waals surface area (Å²) in [6.07, 6.45) is 6.00. The van der Waals surface area contributed by atoms with Crippen molar-refractivity contribution >= 4 is 12.6 Å². The summed E-state index contributed by atoms with van der Waals surface area (Å²) in [6, 6.07) is 0.392. The third kappa shape index (κ3) is 4.65. The van der Waals surface area contributed by atoms with Gasteiger partial charge in [0, 0.05) is 10.9 Å². The molecule has 10 heavy (non-hydrogen) atoms. The van der Waals surface area contributed by atoms with Crippen LogP contribution in [-0.4, -0.2) is 13.1 Å². The van der Waals surface area contributed by atoms with Crippen LogP contribution in [0.5, 0.6) is 0 Å². The molecule has 0 aliphatic rings. The molecule has 0 fully saturated rings. The zero-order valence-corrected chi connectivity index (χ0v) is 7.65. The number of allylic oxidation sites excluding steroid dienone is 2. The summed E-state index contributed by atoms with van der Waals surface area (Å²) in [7, 11) is 1.93. The third-order valence-corrected chi connectivity index (χ3v) is 1.51. The smallest absolute Gasteiger partial charge is 0.0232 e. The van der Waals surface area contributed by atoms with E-state index in [1.807, 2.05) is 26.1 Å². The van der Waals surface area contributed by atoms with E-state index >= 15 is 0 Å². The van der Waals surface area contributed by atoms with E-state index in [2.05, 4.69) is 30.9 Å². The molecule has 58 valence electrons. The van der Waals surface area contributed by atoms with E-state index in [0.717, 1.165) is 4.91 Å². The molecule has 0 aromatic rings. The Hall–Kier alpha value is -0.210. The van der Waals surface area contributed by atoms with Crippen LogP contribution in [0.3, 0.4) is 0 Å². The maximum absolute atomic E-state index is 4.24. The van der Waals surface area contributed by atoms with Crippen molar-refractivity contribution in [1.82, 2.24) is 5.32 Å². The summed E-state index contributed by atoms with van der Waals surface area (Å²) in [5.41, 5.74) is 0. The lowest BCUT2D eigenvalue weighted by Gasteiger charge is -2.02. The maximum atomic E-state index is 4.24. The Kier molecular flexibility index (Phi) is 5.45. The zero-order valence-electron chi connectivity index (χ0n) is 6.76. The first-order valence-electron chi connectivity index (χ1n) is 3.41. The number of rotatable bonds is 3. The van der Waals surface area contributed by atoms with Gasteiger partial charge in [-0.3, -0.25) is 0 Å². The molecule has 1 N–H and O–H groups in total. The van der Waals surface area contributed by atoms with Crippen LogP contribution in [0.1, 0.15) is 13.8 Å². The minimum Gasteiger partial charge on any atom is -0.314 e. The highest BCUT2D eigenvalue weighted by atomic mass is 32.1. The van der Waals surface area contributed by atoms with Gasteiger partial charge in [0.25, 0.3) is 0 Å². The topological polar surface area (TPSA) is 12.0 Å². The van der Waals surface area contributed by atoms with Gasteiger partial charge in [-0.2, -0.15) is 0 Å². The molecule has 0 heterocycles. The van der Waals surface area contributed by atoms with Gasteiger partial charge >= 0.3 is 0 Å². The summed E-state index contributed by atoms with van der Waals surface area (Å²) in [6.45, 7) is 4.06. The van der Waals surface area contributed by atoms with E-state index in [9.17, 15) is 0 Å². The van der Waals surface area contributed by atoms with Gasteiger partial charge in [-0.25, -0.2) is 0 Å². The van der Waals surface area contributed by atoms with Crippen LogP contribution in [0.15, 0.2) is 23.1 Å². The van der Waals surface area contributed by atoms with Crippen LogP contribution in [0.4, 0.5) is 0 Å². The Morgan fingerprint density at radius 3 is 2.60 bits per heavy atom. The summed E-state index contributed by atoms with van der Waals surface area (Å²) < 4.78 is 0. The van der Waals surface area contributed by atoms with E-state index in [0.29, 0.717) is 6.04 Å². The highest BCUT2D eigenvalue weighted by Crippen LogP contribution is 2.03. The van der Waals surface area contributed by atoms with Gasteiger partial charge in [-0.05, 0) is 20.9 Å². The number of likely N-dealkylation sites (N-methyl/N-ethyl adjacent to an activating group) is 1. The van der Waals surface area contributed by atoms with E-state index < -0.39 is 0 Å². The Morgan fingerprint density at radius 2 is 2.20 bits per heavy atom. The van der Waals surface area contributed by atoms with Crippen molar-refractivity contribution in [3.05, 3.63) is 23.1 Å². The monoisotopic (exact) mass is 157 g/mol. The van der Waals surface area contributed by atoms with Crippen LogP contribution in [0.2, 0.25) is 0 Å². The molecule has 0 aliphatic heterocycles. The first-order chi connectivity index (χ1) is 4.70. The highest BCUT2D eigenvalue weighted by molar-refractivity contribution is 7.84. The SMILES string of the molecule is C/C=C\C(S)=C/C(C)NC. The number of hydrogen-bond donors (Lipinski definition) is 2. The lowest BCUT2D eigenvalue weighted by Crippen LogP contribution is -2.18. The van der Waals surface area contributed by atoms with Gasteiger partial charge in [0.2, 0.25) is 0 Å². The zero-order chi connectivity index (χ0) is 7.98.